The van der Waals surface area contributed by atoms with Crippen LogP contribution in [0.25, 0.3) is 0 Å². The third-order valence-electron chi connectivity index (χ3n) is 0. The summed E-state index contributed by atoms with van der Waals surface area (Å²) in [7, 11) is 0. The van der Waals surface area contributed by atoms with Gasteiger partial charge in [-0.25, -0.2) is 0 Å². The van der Waals surface area contributed by atoms with Gasteiger partial charge in [-0.15, -0.1) is 0 Å². The molecule has 0 aliphatic carbocycles. The molecule has 0 aromatic heterocycles. The monoisotopic (exact) mass is 274 g/mol. The van der Waals surface area contributed by atoms with Crippen molar-refractivity contribution in [1.29, 1.82) is 0 Å². The minimum atomic E-state index is 0. The van der Waals surface area contributed by atoms with Crippen LogP contribution >= 0.6 is 24.8 Å². The summed E-state index contributed by atoms with van der Waals surface area (Å²) in [5, 5.41) is 0. The Balaban J connectivity index is 0. The van der Waals surface area contributed by atoms with E-state index in [-0.39, 0.29) is 22.4 Å². The van der Waals surface area contributed by atoms with Crippen molar-refractivity contribution in [3.63, 3.8) is 0 Å². The number of thiol groups is 1. The standard InChI is InChI=1S/CHS2.Au/c2-1-3;/h(H,2,3);/q-1;+1. The van der Waals surface area contributed by atoms with Crippen molar-refractivity contribution in [2.45, 2.75) is 0 Å². The second kappa shape index (κ2) is 8.89. The molecule has 0 N–H and O–H groups in total. The smallest absolute Gasteiger partial charge is 0.364 e. The van der Waals surface area contributed by atoms with Crippen molar-refractivity contribution in [1.82, 2.24) is 0 Å². The molecule has 0 amide bonds. The molecule has 0 spiro atoms. The van der Waals surface area contributed by atoms with Gasteiger partial charge in [-0.2, -0.15) is 0 Å². The van der Waals surface area contributed by atoms with E-state index in [1.54, 1.807) is 0 Å². The van der Waals surface area contributed by atoms with E-state index in [9.17, 15) is 0 Å². The third kappa shape index (κ3) is 10.9. The normalized spacial score (nSPS) is 3.25. The number of thiocarbonyl (C=S) groups is 1. The zero-order chi connectivity index (χ0) is 2.71. The maximum Gasteiger partial charge on any atom is 1.00 e. The second-order valence-corrected chi connectivity index (χ2v) is 0.822. The molecule has 0 atom stereocenters. The number of hydrogen-bond donors (Lipinski definition) is 1. The summed E-state index contributed by atoms with van der Waals surface area (Å²) in [5.41, 5.74) is 0. The van der Waals surface area contributed by atoms with E-state index < -0.39 is 0 Å². The van der Waals surface area contributed by atoms with Crippen LogP contribution in [0.2, 0.25) is 0 Å². The summed E-state index contributed by atoms with van der Waals surface area (Å²) < 4.78 is 2.03. The molecular formula is CHAuS2. The van der Waals surface area contributed by atoms with Gasteiger partial charge in [0.15, 0.2) is 0 Å². The molecule has 0 aliphatic rings. The molecule has 4 heavy (non-hydrogen) atoms. The summed E-state index contributed by atoms with van der Waals surface area (Å²) in [4.78, 5) is 0. The van der Waals surface area contributed by atoms with E-state index in [2.05, 4.69) is 24.8 Å². The van der Waals surface area contributed by atoms with E-state index in [0.29, 0.717) is 0 Å². The molecule has 0 aromatic carbocycles. The van der Waals surface area contributed by atoms with Gasteiger partial charge in [0.05, 0.1) is 0 Å². The first-order valence-corrected chi connectivity index (χ1v) is 1.28. The molecule has 28 valence electrons. The summed E-state index contributed by atoms with van der Waals surface area (Å²) >= 11 is 7.36. The van der Waals surface area contributed by atoms with E-state index >= 15 is 0 Å². The van der Waals surface area contributed by atoms with Crippen LogP contribution in [0.1, 0.15) is 0 Å². The Hall–Kier alpha value is 1.18. The predicted molar refractivity (Wildman–Crippen MR) is 21.6 cm³/mol. The molecule has 0 aliphatic heterocycles. The van der Waals surface area contributed by atoms with Crippen LogP contribution in [0, 0.1) is 0 Å². The molecule has 0 heterocycles. The van der Waals surface area contributed by atoms with Crippen molar-refractivity contribution in [3.8, 4) is 0 Å². The van der Waals surface area contributed by atoms with Gasteiger partial charge in [-0.05, 0) is 0 Å². The van der Waals surface area contributed by atoms with Crippen molar-refractivity contribution >= 4 is 29.5 Å². The van der Waals surface area contributed by atoms with Crippen molar-refractivity contribution in [2.75, 3.05) is 0 Å². The van der Waals surface area contributed by atoms with Crippen LogP contribution in [-0.4, -0.2) is 4.70 Å². The molecule has 0 unspecified atom stereocenters. The molecule has 3 heteroatoms. The molecule has 0 rings (SSSR count). The van der Waals surface area contributed by atoms with Crippen molar-refractivity contribution in [2.24, 2.45) is 0 Å². The fourth-order valence-corrected chi connectivity index (χ4v) is 0. The van der Waals surface area contributed by atoms with Gasteiger partial charge in [0.1, 0.15) is 0 Å². The van der Waals surface area contributed by atoms with Gasteiger partial charge < -0.3 is 29.5 Å². The maximum atomic E-state index is 4.01. The van der Waals surface area contributed by atoms with Gasteiger partial charge >= 0.3 is 22.4 Å². The second-order valence-electron chi connectivity index (χ2n) is 0.0913. The van der Waals surface area contributed by atoms with Gasteiger partial charge in [0.2, 0.25) is 0 Å². The SMILES string of the molecule is S=[C-]S.[Au+]. The van der Waals surface area contributed by atoms with Gasteiger partial charge in [0.25, 0.3) is 0 Å². The Kier molecular flexibility index (Phi) is 19.9. The quantitative estimate of drug-likeness (QED) is 0.294. The van der Waals surface area contributed by atoms with E-state index in [0.717, 1.165) is 0 Å². The molecule has 0 fully saturated rings. The Morgan fingerprint density at radius 3 is 1.75 bits per heavy atom. The minimum Gasteiger partial charge on any atom is -0.364 e. The third-order valence-corrected chi connectivity index (χ3v) is 0. The zero-order valence-corrected chi connectivity index (χ0v) is 5.53. The van der Waals surface area contributed by atoms with E-state index in [1.807, 2.05) is 4.70 Å². The first kappa shape index (κ1) is 8.95. The maximum absolute atomic E-state index is 4.01. The number of rotatable bonds is 0. The average molecular weight is 274 g/mol. The number of hydrogen-bond acceptors (Lipinski definition) is 1. The fraction of sp³-hybridized carbons (Fsp3) is 0. The Labute approximate surface area is 51.9 Å². The van der Waals surface area contributed by atoms with Crippen LogP contribution in [0.5, 0.6) is 0 Å². The van der Waals surface area contributed by atoms with Crippen LogP contribution in [-0.2, 0) is 22.4 Å². The molecule has 0 saturated carbocycles. The van der Waals surface area contributed by atoms with E-state index in [4.69, 9.17) is 0 Å². The minimum absolute atomic E-state index is 0. The molecule has 0 bridgehead atoms. The van der Waals surface area contributed by atoms with Crippen LogP contribution in [0.4, 0.5) is 0 Å². The molecule has 0 aromatic rings. The predicted octanol–water partition coefficient (Wildman–Crippen LogP) is 0.748. The molecule has 0 nitrogen and oxygen atoms in total. The van der Waals surface area contributed by atoms with Crippen LogP contribution in [0.3, 0.4) is 0 Å². The van der Waals surface area contributed by atoms with Gasteiger partial charge in [-0.1, -0.05) is 0 Å². The van der Waals surface area contributed by atoms with Gasteiger partial charge in [-0.3, -0.25) is 0 Å². The topological polar surface area (TPSA) is 0 Å². The van der Waals surface area contributed by atoms with Crippen LogP contribution < -0.4 is 0 Å². The Morgan fingerprint density at radius 1 is 1.75 bits per heavy atom. The summed E-state index contributed by atoms with van der Waals surface area (Å²) in [6.45, 7) is 0. The first-order chi connectivity index (χ1) is 1.41. The average Bonchev–Trinajstić information content (AvgIpc) is 0.918. The van der Waals surface area contributed by atoms with Crippen LogP contribution in [0.15, 0.2) is 0 Å². The Bertz CT molecular complexity index is 13.5. The van der Waals surface area contributed by atoms with Crippen molar-refractivity contribution in [3.05, 3.63) is 0 Å². The molecular weight excluding hydrogens is 273 g/mol. The van der Waals surface area contributed by atoms with Crippen molar-refractivity contribution < 1.29 is 22.4 Å². The Morgan fingerprint density at radius 2 is 1.75 bits per heavy atom. The molecule has 0 saturated heterocycles. The largest absolute Gasteiger partial charge is 1.00 e. The van der Waals surface area contributed by atoms with E-state index in [1.165, 1.54) is 0 Å². The molecule has 0 radical (unpaired) electrons. The fourth-order valence-electron chi connectivity index (χ4n) is 0. The first-order valence-electron chi connectivity index (χ1n) is 0.428. The summed E-state index contributed by atoms with van der Waals surface area (Å²) in [6, 6.07) is 0. The zero-order valence-electron chi connectivity index (χ0n) is 1.66. The van der Waals surface area contributed by atoms with Gasteiger partial charge in [0, 0.05) is 0 Å². The summed E-state index contributed by atoms with van der Waals surface area (Å²) in [5.74, 6) is 0. The summed E-state index contributed by atoms with van der Waals surface area (Å²) in [6.07, 6.45) is 0.